The predicted octanol–water partition coefficient (Wildman–Crippen LogP) is 4.99. The molecule has 0 fully saturated rings. The summed E-state index contributed by atoms with van der Waals surface area (Å²) in [7, 11) is -1.09. The summed E-state index contributed by atoms with van der Waals surface area (Å²) in [6, 6.07) is 9.27. The second kappa shape index (κ2) is 8.55. The number of anilines is 2. The molecule has 0 bridgehead atoms. The van der Waals surface area contributed by atoms with Gasteiger partial charge >= 0.3 is 0 Å². The van der Waals surface area contributed by atoms with Crippen molar-refractivity contribution in [1.29, 1.82) is 0 Å². The summed E-state index contributed by atoms with van der Waals surface area (Å²) < 4.78 is 19.8. The van der Waals surface area contributed by atoms with Gasteiger partial charge in [0, 0.05) is 25.3 Å². The zero-order valence-corrected chi connectivity index (χ0v) is 19.7. The van der Waals surface area contributed by atoms with E-state index < -0.39 is 16.2 Å². The molecule has 0 aliphatic carbocycles. The first-order valence-corrected chi connectivity index (χ1v) is 11.8. The standard InChI is InChI=1S/C20H22Br2N2O3S/c1-20(2)14-9-12(5-6-17(14)24-19(20)25)27-7-3-4-8-28(26)13-10-15(21)18(23)16(22)11-13/h5-6,9-11H,3-4,7-8,23H2,1-2H3,(H,24,25). The third-order valence-electron chi connectivity index (χ3n) is 4.79. The van der Waals surface area contributed by atoms with E-state index in [-0.39, 0.29) is 5.91 Å². The molecule has 150 valence electrons. The first-order valence-electron chi connectivity index (χ1n) is 8.92. The minimum Gasteiger partial charge on any atom is -0.494 e. The van der Waals surface area contributed by atoms with E-state index in [9.17, 15) is 9.00 Å². The van der Waals surface area contributed by atoms with Crippen LogP contribution >= 0.6 is 31.9 Å². The van der Waals surface area contributed by atoms with Gasteiger partial charge in [-0.3, -0.25) is 9.00 Å². The lowest BCUT2D eigenvalue weighted by molar-refractivity contribution is -0.119. The zero-order chi connectivity index (χ0) is 20.5. The van der Waals surface area contributed by atoms with Gasteiger partial charge in [0.25, 0.3) is 0 Å². The number of carbonyl (C=O) groups is 1. The summed E-state index contributed by atoms with van der Waals surface area (Å²) in [5.41, 5.74) is 7.72. The van der Waals surface area contributed by atoms with Crippen LogP contribution in [-0.2, 0) is 21.0 Å². The summed E-state index contributed by atoms with van der Waals surface area (Å²) >= 11 is 6.76. The Balaban J connectivity index is 1.49. The molecule has 0 aromatic heterocycles. The number of nitrogens with one attached hydrogen (secondary N) is 1. The third kappa shape index (κ3) is 4.44. The quantitative estimate of drug-likeness (QED) is 0.391. The highest BCUT2D eigenvalue weighted by molar-refractivity contribution is 9.11. The molecule has 0 spiro atoms. The van der Waals surface area contributed by atoms with Crippen molar-refractivity contribution in [3.8, 4) is 5.75 Å². The molecular weight excluding hydrogens is 508 g/mol. The van der Waals surface area contributed by atoms with Gasteiger partial charge in [-0.15, -0.1) is 0 Å². The highest BCUT2D eigenvalue weighted by Crippen LogP contribution is 2.39. The molecule has 28 heavy (non-hydrogen) atoms. The van der Waals surface area contributed by atoms with Crippen molar-refractivity contribution < 1.29 is 13.7 Å². The molecule has 2 aromatic rings. The second-order valence-electron chi connectivity index (χ2n) is 7.19. The van der Waals surface area contributed by atoms with Crippen LogP contribution in [0.1, 0.15) is 32.3 Å². The number of carbonyl (C=O) groups excluding carboxylic acids is 1. The topological polar surface area (TPSA) is 81.4 Å². The summed E-state index contributed by atoms with van der Waals surface area (Å²) in [6.45, 7) is 4.34. The van der Waals surface area contributed by atoms with E-state index in [0.29, 0.717) is 18.0 Å². The maximum atomic E-state index is 12.5. The molecule has 0 saturated carbocycles. The molecule has 1 heterocycles. The van der Waals surface area contributed by atoms with E-state index in [0.717, 1.165) is 43.7 Å². The molecule has 1 aliphatic rings. The van der Waals surface area contributed by atoms with Gasteiger partial charge in [-0.2, -0.15) is 0 Å². The summed E-state index contributed by atoms with van der Waals surface area (Å²) in [6.07, 6.45) is 1.57. The number of unbranched alkanes of at least 4 members (excludes halogenated alkanes) is 1. The first-order chi connectivity index (χ1) is 13.2. The van der Waals surface area contributed by atoms with Gasteiger partial charge in [0.05, 0.1) is 28.5 Å². The number of halogens is 2. The molecule has 3 rings (SSSR count). The van der Waals surface area contributed by atoms with Gasteiger partial charge in [0.15, 0.2) is 0 Å². The summed E-state index contributed by atoms with van der Waals surface area (Å²) in [5.74, 6) is 1.31. The SMILES string of the molecule is CC1(C)C(=O)Nc2ccc(OCCCCS(=O)c3cc(Br)c(N)c(Br)c3)cc21. The van der Waals surface area contributed by atoms with Crippen molar-refractivity contribution in [3.63, 3.8) is 0 Å². The van der Waals surface area contributed by atoms with Crippen LogP contribution in [0.25, 0.3) is 0 Å². The normalized spacial score (nSPS) is 15.8. The fourth-order valence-corrected chi connectivity index (χ4v) is 5.67. The monoisotopic (exact) mass is 528 g/mol. The van der Waals surface area contributed by atoms with Gasteiger partial charge in [0.1, 0.15) is 5.75 Å². The van der Waals surface area contributed by atoms with Crippen LogP contribution in [0.15, 0.2) is 44.2 Å². The Bertz CT molecular complexity index is 924. The largest absolute Gasteiger partial charge is 0.494 e. The first kappa shape index (κ1) is 21.3. The fourth-order valence-electron chi connectivity index (χ4n) is 2.98. The molecule has 1 unspecified atom stereocenters. The van der Waals surface area contributed by atoms with Crippen LogP contribution in [0.5, 0.6) is 5.75 Å². The summed E-state index contributed by atoms with van der Waals surface area (Å²) in [4.78, 5) is 12.8. The van der Waals surface area contributed by atoms with E-state index >= 15 is 0 Å². The third-order valence-corrected chi connectivity index (χ3v) is 7.52. The van der Waals surface area contributed by atoms with Crippen molar-refractivity contribution >= 4 is 59.9 Å². The number of ether oxygens (including phenoxy) is 1. The van der Waals surface area contributed by atoms with E-state index in [2.05, 4.69) is 37.2 Å². The van der Waals surface area contributed by atoms with Crippen molar-refractivity contribution in [3.05, 3.63) is 44.8 Å². The van der Waals surface area contributed by atoms with E-state index in [1.54, 1.807) is 12.1 Å². The lowest BCUT2D eigenvalue weighted by Crippen LogP contribution is -2.26. The number of nitrogens with two attached hydrogens (primary N) is 1. The number of benzene rings is 2. The summed E-state index contributed by atoms with van der Waals surface area (Å²) in [5, 5.41) is 2.89. The molecule has 0 radical (unpaired) electrons. The maximum Gasteiger partial charge on any atom is 0.234 e. The highest BCUT2D eigenvalue weighted by Gasteiger charge is 2.38. The maximum absolute atomic E-state index is 12.5. The average Bonchev–Trinajstić information content (AvgIpc) is 2.87. The van der Waals surface area contributed by atoms with Crippen LogP contribution in [0.3, 0.4) is 0 Å². The smallest absolute Gasteiger partial charge is 0.234 e. The van der Waals surface area contributed by atoms with E-state index in [4.69, 9.17) is 10.5 Å². The Hall–Kier alpha value is -1.38. The minimum atomic E-state index is -1.09. The number of hydrogen-bond acceptors (Lipinski definition) is 4. The molecule has 8 heteroatoms. The number of nitrogen functional groups attached to an aromatic ring is 1. The zero-order valence-electron chi connectivity index (χ0n) is 15.7. The van der Waals surface area contributed by atoms with Crippen LogP contribution in [0.4, 0.5) is 11.4 Å². The molecule has 2 aromatic carbocycles. The predicted molar refractivity (Wildman–Crippen MR) is 120 cm³/mol. The Morgan fingerprint density at radius 2 is 1.82 bits per heavy atom. The van der Waals surface area contributed by atoms with Crippen LogP contribution in [0.2, 0.25) is 0 Å². The van der Waals surface area contributed by atoms with E-state index in [1.165, 1.54) is 0 Å². The minimum absolute atomic E-state index is 0.00284. The van der Waals surface area contributed by atoms with E-state index in [1.807, 2.05) is 32.0 Å². The van der Waals surface area contributed by atoms with Gasteiger partial charge < -0.3 is 15.8 Å². The molecule has 1 aliphatic heterocycles. The lowest BCUT2D eigenvalue weighted by atomic mass is 9.86. The Kier molecular flexibility index (Phi) is 6.51. The number of rotatable bonds is 7. The van der Waals surface area contributed by atoms with Gasteiger partial charge in [-0.05, 0) is 94.4 Å². The van der Waals surface area contributed by atoms with Crippen LogP contribution in [-0.4, -0.2) is 22.5 Å². The molecule has 5 nitrogen and oxygen atoms in total. The molecule has 1 amide bonds. The van der Waals surface area contributed by atoms with Crippen LogP contribution < -0.4 is 15.8 Å². The Labute approximate surface area is 184 Å². The second-order valence-corrected chi connectivity index (χ2v) is 10.5. The number of hydrogen-bond donors (Lipinski definition) is 2. The fraction of sp³-hybridized carbons (Fsp3) is 0.350. The average molecular weight is 530 g/mol. The molecule has 0 saturated heterocycles. The van der Waals surface area contributed by atoms with Crippen molar-refractivity contribution in [2.75, 3.05) is 23.4 Å². The molecule has 3 N–H and O–H groups in total. The van der Waals surface area contributed by atoms with Crippen LogP contribution in [0, 0.1) is 0 Å². The van der Waals surface area contributed by atoms with Gasteiger partial charge in [-0.25, -0.2) is 0 Å². The van der Waals surface area contributed by atoms with Gasteiger partial charge in [0.2, 0.25) is 5.91 Å². The Morgan fingerprint density at radius 1 is 1.14 bits per heavy atom. The number of amides is 1. The lowest BCUT2D eigenvalue weighted by Gasteiger charge is -2.16. The van der Waals surface area contributed by atoms with Crippen molar-refractivity contribution in [2.24, 2.45) is 0 Å². The van der Waals surface area contributed by atoms with Crippen molar-refractivity contribution in [1.82, 2.24) is 0 Å². The molecular formula is C20H22Br2N2O3S. The molecule has 1 atom stereocenters. The van der Waals surface area contributed by atoms with Gasteiger partial charge in [-0.1, -0.05) is 0 Å². The Morgan fingerprint density at radius 3 is 2.50 bits per heavy atom. The number of fused-ring (bicyclic) bond motifs is 1. The van der Waals surface area contributed by atoms with Crippen molar-refractivity contribution in [2.45, 2.75) is 37.0 Å². The highest BCUT2D eigenvalue weighted by atomic mass is 79.9.